The van der Waals surface area contributed by atoms with Crippen LogP contribution >= 0.6 is 0 Å². The molecule has 1 saturated carbocycles. The molecule has 19 heavy (non-hydrogen) atoms. The van der Waals surface area contributed by atoms with Gasteiger partial charge in [0.15, 0.2) is 0 Å². The standard InChI is InChI=1S/C12H13N3O4/c1-5-7(10(16)14-13)2-6(19-5)4-15-11(17)8-3-9(8)12(15)18/h2,8-9H,3-4,13H2,1H3,(H,14,16). The molecule has 2 heterocycles. The Morgan fingerprint density at radius 2 is 2.11 bits per heavy atom. The van der Waals surface area contributed by atoms with E-state index in [0.29, 0.717) is 23.5 Å². The molecule has 0 aromatic carbocycles. The van der Waals surface area contributed by atoms with Crippen LogP contribution in [0.25, 0.3) is 0 Å². The van der Waals surface area contributed by atoms with Gasteiger partial charge in [-0.3, -0.25) is 24.7 Å². The molecule has 3 N–H and O–H groups in total. The van der Waals surface area contributed by atoms with Crippen LogP contribution in [0.15, 0.2) is 10.5 Å². The van der Waals surface area contributed by atoms with Crippen LogP contribution in [0.1, 0.15) is 28.3 Å². The number of piperidine rings is 1. The van der Waals surface area contributed by atoms with Gasteiger partial charge in [-0.2, -0.15) is 0 Å². The summed E-state index contributed by atoms with van der Waals surface area (Å²) in [5.41, 5.74) is 2.32. The summed E-state index contributed by atoms with van der Waals surface area (Å²) in [6, 6.07) is 1.50. The third kappa shape index (κ3) is 1.74. The van der Waals surface area contributed by atoms with Crippen molar-refractivity contribution in [3.8, 4) is 0 Å². The SMILES string of the molecule is Cc1oc(CN2C(=O)C3CC3C2=O)cc1C(=O)NN. The van der Waals surface area contributed by atoms with E-state index >= 15 is 0 Å². The smallest absolute Gasteiger partial charge is 0.268 e. The molecular formula is C12H13N3O4. The molecule has 7 heteroatoms. The highest BCUT2D eigenvalue weighted by atomic mass is 16.3. The molecule has 1 saturated heterocycles. The van der Waals surface area contributed by atoms with E-state index in [0.717, 1.165) is 0 Å². The largest absolute Gasteiger partial charge is 0.464 e. The van der Waals surface area contributed by atoms with Gasteiger partial charge in [0.2, 0.25) is 11.8 Å². The second-order valence-corrected chi connectivity index (χ2v) is 4.87. The fourth-order valence-corrected chi connectivity index (χ4v) is 2.49. The van der Waals surface area contributed by atoms with E-state index in [1.807, 2.05) is 5.43 Å². The summed E-state index contributed by atoms with van der Waals surface area (Å²) >= 11 is 0. The zero-order valence-electron chi connectivity index (χ0n) is 10.3. The molecule has 0 bridgehead atoms. The molecule has 3 rings (SSSR count). The Hall–Kier alpha value is -2.15. The van der Waals surface area contributed by atoms with Crippen LogP contribution in [0.5, 0.6) is 0 Å². The quantitative estimate of drug-likeness (QED) is 0.337. The molecule has 1 aromatic heterocycles. The molecule has 2 aliphatic rings. The number of nitrogens with one attached hydrogen (secondary N) is 1. The maximum atomic E-state index is 11.8. The van der Waals surface area contributed by atoms with Gasteiger partial charge in [0.1, 0.15) is 11.5 Å². The van der Waals surface area contributed by atoms with Gasteiger partial charge in [-0.1, -0.05) is 0 Å². The van der Waals surface area contributed by atoms with Gasteiger partial charge in [-0.15, -0.1) is 0 Å². The molecule has 3 amide bonds. The predicted molar refractivity (Wildman–Crippen MR) is 62.3 cm³/mol. The Balaban J connectivity index is 1.79. The van der Waals surface area contributed by atoms with Crippen molar-refractivity contribution in [2.75, 3.05) is 0 Å². The van der Waals surface area contributed by atoms with Crippen molar-refractivity contribution < 1.29 is 18.8 Å². The Morgan fingerprint density at radius 3 is 2.68 bits per heavy atom. The highest BCUT2D eigenvalue weighted by Crippen LogP contribution is 2.47. The fraction of sp³-hybridized carbons (Fsp3) is 0.417. The third-order valence-corrected chi connectivity index (χ3v) is 3.62. The first-order valence-corrected chi connectivity index (χ1v) is 5.98. The van der Waals surface area contributed by atoms with Gasteiger partial charge in [-0.25, -0.2) is 5.84 Å². The molecule has 2 fully saturated rings. The molecule has 0 spiro atoms. The summed E-state index contributed by atoms with van der Waals surface area (Å²) in [6.07, 6.45) is 0.673. The van der Waals surface area contributed by atoms with Gasteiger partial charge in [0.05, 0.1) is 23.9 Å². The minimum Gasteiger partial charge on any atom is -0.464 e. The first-order chi connectivity index (χ1) is 9.02. The number of hydrogen-bond acceptors (Lipinski definition) is 5. The van der Waals surface area contributed by atoms with Crippen molar-refractivity contribution in [2.24, 2.45) is 17.7 Å². The number of carbonyl (C=O) groups excluding carboxylic acids is 3. The molecule has 2 unspecified atom stereocenters. The topological polar surface area (TPSA) is 106 Å². The van der Waals surface area contributed by atoms with E-state index in [1.54, 1.807) is 6.92 Å². The van der Waals surface area contributed by atoms with E-state index in [4.69, 9.17) is 10.3 Å². The van der Waals surface area contributed by atoms with Crippen molar-refractivity contribution in [3.05, 3.63) is 23.2 Å². The summed E-state index contributed by atoms with van der Waals surface area (Å²) in [6.45, 7) is 1.70. The van der Waals surface area contributed by atoms with E-state index in [-0.39, 0.29) is 30.2 Å². The maximum absolute atomic E-state index is 11.8. The maximum Gasteiger partial charge on any atom is 0.268 e. The summed E-state index contributed by atoms with van der Waals surface area (Å²) < 4.78 is 5.38. The lowest BCUT2D eigenvalue weighted by Gasteiger charge is -2.14. The summed E-state index contributed by atoms with van der Waals surface area (Å²) in [5, 5.41) is 0. The van der Waals surface area contributed by atoms with Crippen molar-refractivity contribution in [1.29, 1.82) is 0 Å². The van der Waals surface area contributed by atoms with E-state index in [9.17, 15) is 14.4 Å². The van der Waals surface area contributed by atoms with Crippen molar-refractivity contribution in [2.45, 2.75) is 19.9 Å². The Labute approximate surface area is 108 Å². The van der Waals surface area contributed by atoms with Gasteiger partial charge in [-0.05, 0) is 19.4 Å². The average Bonchev–Trinajstić information content (AvgIpc) is 3.05. The molecule has 1 aliphatic heterocycles. The number of aryl methyl sites for hydroxylation is 1. The normalized spacial score (nSPS) is 24.6. The number of likely N-dealkylation sites (tertiary alicyclic amines) is 1. The lowest BCUT2D eigenvalue weighted by atomic mass is 10.2. The van der Waals surface area contributed by atoms with Gasteiger partial charge in [0.25, 0.3) is 5.91 Å². The van der Waals surface area contributed by atoms with Crippen LogP contribution in [-0.4, -0.2) is 22.6 Å². The Kier molecular flexibility index (Phi) is 2.46. The van der Waals surface area contributed by atoms with Crippen LogP contribution < -0.4 is 11.3 Å². The predicted octanol–water partition coefficient (Wildman–Crippen LogP) is -0.304. The monoisotopic (exact) mass is 263 g/mol. The molecule has 1 aromatic rings. The molecule has 0 radical (unpaired) electrons. The van der Waals surface area contributed by atoms with Crippen LogP contribution in [0.2, 0.25) is 0 Å². The second kappa shape index (κ2) is 3.92. The third-order valence-electron chi connectivity index (χ3n) is 3.62. The van der Waals surface area contributed by atoms with Crippen LogP contribution in [-0.2, 0) is 16.1 Å². The number of hydrazine groups is 1. The number of rotatable bonds is 3. The number of nitrogen functional groups attached to an aromatic ring is 1. The van der Waals surface area contributed by atoms with Crippen molar-refractivity contribution in [3.63, 3.8) is 0 Å². The number of imide groups is 1. The molecule has 100 valence electrons. The minimum absolute atomic E-state index is 0.0728. The van der Waals surface area contributed by atoms with E-state index < -0.39 is 5.91 Å². The second-order valence-electron chi connectivity index (χ2n) is 4.87. The van der Waals surface area contributed by atoms with E-state index in [2.05, 4.69) is 0 Å². The first-order valence-electron chi connectivity index (χ1n) is 5.98. The lowest BCUT2D eigenvalue weighted by Crippen LogP contribution is -2.32. The fourth-order valence-electron chi connectivity index (χ4n) is 2.49. The Bertz CT molecular complexity index is 572. The first kappa shape index (κ1) is 11.9. The molecule has 2 atom stereocenters. The van der Waals surface area contributed by atoms with Gasteiger partial charge < -0.3 is 4.42 Å². The van der Waals surface area contributed by atoms with Crippen molar-refractivity contribution in [1.82, 2.24) is 10.3 Å². The van der Waals surface area contributed by atoms with Crippen LogP contribution in [0.4, 0.5) is 0 Å². The highest BCUT2D eigenvalue weighted by molar-refractivity contribution is 6.08. The summed E-state index contributed by atoms with van der Waals surface area (Å²) in [5.74, 6) is 4.85. The van der Waals surface area contributed by atoms with Gasteiger partial charge >= 0.3 is 0 Å². The molecule has 1 aliphatic carbocycles. The number of nitrogens with zero attached hydrogens (tertiary/aromatic N) is 1. The van der Waals surface area contributed by atoms with Crippen LogP contribution in [0, 0.1) is 18.8 Å². The van der Waals surface area contributed by atoms with E-state index in [1.165, 1.54) is 11.0 Å². The number of furan rings is 1. The zero-order valence-corrected chi connectivity index (χ0v) is 10.3. The number of fused-ring (bicyclic) bond motifs is 1. The summed E-state index contributed by atoms with van der Waals surface area (Å²) in [7, 11) is 0. The van der Waals surface area contributed by atoms with Crippen molar-refractivity contribution >= 4 is 17.7 Å². The summed E-state index contributed by atoms with van der Waals surface area (Å²) in [4.78, 5) is 36.2. The van der Waals surface area contributed by atoms with Crippen LogP contribution in [0.3, 0.4) is 0 Å². The van der Waals surface area contributed by atoms with Gasteiger partial charge in [0, 0.05) is 0 Å². The average molecular weight is 263 g/mol. The zero-order chi connectivity index (χ0) is 13.7. The molecular weight excluding hydrogens is 250 g/mol. The number of hydrogen-bond donors (Lipinski definition) is 2. The highest BCUT2D eigenvalue weighted by Gasteiger charge is 2.58. The Morgan fingerprint density at radius 1 is 1.47 bits per heavy atom. The number of amides is 3. The minimum atomic E-state index is -0.463. The number of nitrogens with two attached hydrogens (primary N) is 1. The molecule has 7 nitrogen and oxygen atoms in total. The lowest BCUT2D eigenvalue weighted by molar-refractivity contribution is -0.142. The number of carbonyl (C=O) groups is 3.